The lowest BCUT2D eigenvalue weighted by atomic mass is 10.0. The Morgan fingerprint density at radius 2 is 1.83 bits per heavy atom. The molecular weight excluding hydrogens is 561 g/mol. The van der Waals surface area contributed by atoms with Gasteiger partial charge in [0.25, 0.3) is 0 Å². The number of nitrogens with one attached hydrogen (secondary N) is 1. The Labute approximate surface area is 245 Å². The van der Waals surface area contributed by atoms with Crippen molar-refractivity contribution >= 4 is 23.9 Å². The lowest BCUT2D eigenvalue weighted by molar-refractivity contribution is -0.141. The molecule has 2 atom stereocenters. The molecule has 1 aliphatic rings. The lowest BCUT2D eigenvalue weighted by Gasteiger charge is -2.15. The van der Waals surface area contributed by atoms with Crippen molar-refractivity contribution < 1.29 is 22.7 Å². The predicted molar refractivity (Wildman–Crippen MR) is 155 cm³/mol. The Balaban J connectivity index is 1.33. The highest BCUT2D eigenvalue weighted by Crippen LogP contribution is 2.47. The second-order valence-corrected chi connectivity index (χ2v) is 10.6. The molecule has 1 fully saturated rings. The molecule has 0 aliphatic heterocycles. The maximum absolute atomic E-state index is 13.8. The highest BCUT2D eigenvalue weighted by atomic mass is 32.2. The normalized spacial score (nSPS) is 16.2. The van der Waals surface area contributed by atoms with Crippen LogP contribution < -0.4 is 10.2 Å². The summed E-state index contributed by atoms with van der Waals surface area (Å²) in [7, 11) is 1.49. The Kier molecular flexibility index (Phi) is 8.59. The number of nitriles is 1. The van der Waals surface area contributed by atoms with Crippen LogP contribution in [0.2, 0.25) is 0 Å². The summed E-state index contributed by atoms with van der Waals surface area (Å²) in [5.74, 6) is 0.605. The molecule has 0 spiro atoms. The Morgan fingerprint density at radius 3 is 2.50 bits per heavy atom. The van der Waals surface area contributed by atoms with Gasteiger partial charge in [-0.15, -0.1) is 11.8 Å². The maximum atomic E-state index is 13.8. The second kappa shape index (κ2) is 12.5. The van der Waals surface area contributed by atoms with Crippen molar-refractivity contribution in [1.82, 2.24) is 10.4 Å². The molecule has 1 saturated carbocycles. The molecule has 0 unspecified atom stereocenters. The van der Waals surface area contributed by atoms with E-state index in [0.717, 1.165) is 29.8 Å². The Hall–Kier alpha value is -4.62. The van der Waals surface area contributed by atoms with Crippen molar-refractivity contribution in [1.29, 1.82) is 5.26 Å². The average Bonchev–Trinajstić information content (AvgIpc) is 3.81. The number of halogens is 3. The molecule has 1 aromatic heterocycles. The fourth-order valence-electron chi connectivity index (χ4n) is 4.67. The van der Waals surface area contributed by atoms with Crippen LogP contribution in [-0.2, 0) is 16.7 Å². The number of carbonyl (C=O) groups is 1. The van der Waals surface area contributed by atoms with Crippen LogP contribution >= 0.6 is 11.8 Å². The zero-order valence-corrected chi connectivity index (χ0v) is 23.2. The van der Waals surface area contributed by atoms with Crippen LogP contribution in [0.1, 0.15) is 40.3 Å². The first-order valence-electron chi connectivity index (χ1n) is 13.0. The number of rotatable bonds is 9. The standard InChI is InChI=1S/C32H25F3N4O2S/c1-41-28-13-12-20(18-37-39-30(40)26-15-24(26)21-8-4-2-5-9-21)14-23(28)19-42-31-27(17-36)25(22-10-6-3-7-11-22)16-29(38-31)32(33,34)35/h2-14,16,18,24,26H,15,19H2,1H3,(H,39,40)/b37-18-/t24-,26-/m0/s1. The minimum atomic E-state index is -4.69. The van der Waals surface area contributed by atoms with E-state index in [1.165, 1.54) is 13.3 Å². The van der Waals surface area contributed by atoms with Gasteiger partial charge >= 0.3 is 6.18 Å². The fourth-order valence-corrected chi connectivity index (χ4v) is 5.65. The summed E-state index contributed by atoms with van der Waals surface area (Å²) < 4.78 is 46.7. The van der Waals surface area contributed by atoms with E-state index in [4.69, 9.17) is 4.74 Å². The molecule has 0 bridgehead atoms. The van der Waals surface area contributed by atoms with Crippen LogP contribution in [0, 0.1) is 17.2 Å². The van der Waals surface area contributed by atoms with Crippen molar-refractivity contribution in [3.05, 3.63) is 113 Å². The molecule has 212 valence electrons. The van der Waals surface area contributed by atoms with Gasteiger partial charge in [-0.05, 0) is 53.3 Å². The van der Waals surface area contributed by atoms with Gasteiger partial charge in [-0.25, -0.2) is 10.4 Å². The number of hydrogen-bond donors (Lipinski definition) is 1. The van der Waals surface area contributed by atoms with Crippen LogP contribution in [-0.4, -0.2) is 24.2 Å². The third kappa shape index (κ3) is 6.64. The SMILES string of the molecule is COc1ccc(/C=N\NC(=O)[C@H]2C[C@H]2c2ccccc2)cc1CSc1nc(C(F)(F)F)cc(-c2ccccc2)c1C#N. The molecule has 1 N–H and O–H groups in total. The van der Waals surface area contributed by atoms with Gasteiger partial charge in [-0.2, -0.15) is 23.5 Å². The van der Waals surface area contributed by atoms with Gasteiger partial charge in [0.15, 0.2) is 0 Å². The van der Waals surface area contributed by atoms with Crippen molar-refractivity contribution in [3.8, 4) is 22.9 Å². The maximum Gasteiger partial charge on any atom is 0.433 e. The van der Waals surface area contributed by atoms with E-state index in [1.54, 1.807) is 48.5 Å². The van der Waals surface area contributed by atoms with Gasteiger partial charge in [-0.1, -0.05) is 60.7 Å². The van der Waals surface area contributed by atoms with Gasteiger partial charge < -0.3 is 4.74 Å². The summed E-state index contributed by atoms with van der Waals surface area (Å²) in [6.45, 7) is 0. The second-order valence-electron chi connectivity index (χ2n) is 9.66. The van der Waals surface area contributed by atoms with E-state index in [2.05, 4.69) is 15.5 Å². The molecule has 3 aromatic carbocycles. The quantitative estimate of drug-likeness (QED) is 0.127. The number of alkyl halides is 3. The molecule has 5 rings (SSSR count). The van der Waals surface area contributed by atoms with Crippen LogP contribution in [0.4, 0.5) is 13.2 Å². The summed E-state index contributed by atoms with van der Waals surface area (Å²) in [5.41, 5.74) is 4.69. The summed E-state index contributed by atoms with van der Waals surface area (Å²) in [6.07, 6.45) is -2.41. The summed E-state index contributed by atoms with van der Waals surface area (Å²) in [5, 5.41) is 14.0. The number of benzene rings is 3. The molecule has 1 heterocycles. The number of pyridine rings is 1. The molecule has 42 heavy (non-hydrogen) atoms. The number of aromatic nitrogens is 1. The monoisotopic (exact) mass is 586 g/mol. The first-order valence-corrected chi connectivity index (χ1v) is 14.0. The van der Waals surface area contributed by atoms with Crippen LogP contribution in [0.25, 0.3) is 11.1 Å². The van der Waals surface area contributed by atoms with Crippen molar-refractivity contribution in [2.75, 3.05) is 7.11 Å². The molecule has 1 aliphatic carbocycles. The molecule has 4 aromatic rings. The predicted octanol–water partition coefficient (Wildman–Crippen LogP) is 7.19. The van der Waals surface area contributed by atoms with Crippen molar-refractivity contribution in [2.45, 2.75) is 29.3 Å². The van der Waals surface area contributed by atoms with Gasteiger partial charge in [0.1, 0.15) is 22.5 Å². The average molecular weight is 587 g/mol. The van der Waals surface area contributed by atoms with Gasteiger partial charge in [0, 0.05) is 22.8 Å². The third-order valence-electron chi connectivity index (χ3n) is 6.89. The van der Waals surface area contributed by atoms with Crippen LogP contribution in [0.3, 0.4) is 0 Å². The first kappa shape index (κ1) is 28.9. The smallest absolute Gasteiger partial charge is 0.433 e. The third-order valence-corrected chi connectivity index (χ3v) is 7.91. The first-order chi connectivity index (χ1) is 20.3. The van der Waals surface area contributed by atoms with Crippen LogP contribution in [0.5, 0.6) is 5.75 Å². The number of amides is 1. The highest BCUT2D eigenvalue weighted by Gasteiger charge is 2.43. The molecule has 10 heteroatoms. The zero-order chi connectivity index (χ0) is 29.7. The summed E-state index contributed by atoms with van der Waals surface area (Å²) in [4.78, 5) is 16.3. The fraction of sp³-hybridized carbons (Fsp3) is 0.188. The number of carbonyl (C=O) groups excluding carboxylic acids is 1. The number of hydrazone groups is 1. The topological polar surface area (TPSA) is 87.4 Å². The van der Waals surface area contributed by atoms with E-state index in [1.807, 2.05) is 36.4 Å². The number of thioether (sulfide) groups is 1. The molecule has 0 radical (unpaired) electrons. The number of methoxy groups -OCH3 is 1. The van der Waals surface area contributed by atoms with E-state index in [9.17, 15) is 23.2 Å². The molecule has 0 saturated heterocycles. The lowest BCUT2D eigenvalue weighted by Crippen LogP contribution is -2.20. The molecule has 6 nitrogen and oxygen atoms in total. The number of hydrogen-bond acceptors (Lipinski definition) is 6. The van der Waals surface area contributed by atoms with E-state index in [-0.39, 0.29) is 39.6 Å². The van der Waals surface area contributed by atoms with Crippen LogP contribution in [0.15, 0.2) is 95.1 Å². The van der Waals surface area contributed by atoms with Gasteiger partial charge in [0.05, 0.1) is 18.9 Å². The number of nitrogens with zero attached hydrogens (tertiary/aromatic N) is 3. The van der Waals surface area contributed by atoms with Crippen molar-refractivity contribution in [3.63, 3.8) is 0 Å². The summed E-state index contributed by atoms with van der Waals surface area (Å²) >= 11 is 1.01. The van der Waals surface area contributed by atoms with E-state index >= 15 is 0 Å². The summed E-state index contributed by atoms with van der Waals surface area (Å²) in [6, 6.07) is 26.5. The molecular formula is C32H25F3N4O2S. The number of ether oxygens (including phenoxy) is 1. The largest absolute Gasteiger partial charge is 0.496 e. The minimum Gasteiger partial charge on any atom is -0.496 e. The Morgan fingerprint density at radius 1 is 1.12 bits per heavy atom. The van der Waals surface area contributed by atoms with E-state index < -0.39 is 11.9 Å². The van der Waals surface area contributed by atoms with Gasteiger partial charge in [0.2, 0.25) is 5.91 Å². The molecule has 1 amide bonds. The zero-order valence-electron chi connectivity index (χ0n) is 22.4. The Bertz CT molecular complexity index is 1650. The van der Waals surface area contributed by atoms with Gasteiger partial charge in [-0.3, -0.25) is 4.79 Å². The van der Waals surface area contributed by atoms with Crippen molar-refractivity contribution in [2.24, 2.45) is 11.0 Å². The minimum absolute atomic E-state index is 0.0306. The highest BCUT2D eigenvalue weighted by molar-refractivity contribution is 7.98. The van der Waals surface area contributed by atoms with E-state index in [0.29, 0.717) is 22.4 Å².